The summed E-state index contributed by atoms with van der Waals surface area (Å²) in [6, 6.07) is 22.0. The van der Waals surface area contributed by atoms with E-state index < -0.39 is 22.0 Å². The van der Waals surface area contributed by atoms with Crippen molar-refractivity contribution in [2.24, 2.45) is 5.10 Å². The zero-order chi connectivity index (χ0) is 30.1. The number of nitro groups is 1. The van der Waals surface area contributed by atoms with Gasteiger partial charge in [-0.1, -0.05) is 41.9 Å². The third-order valence-corrected chi connectivity index (χ3v) is 6.86. The van der Waals surface area contributed by atoms with Crippen LogP contribution in [0.4, 0.5) is 10.1 Å². The zero-order valence-corrected chi connectivity index (χ0v) is 23.1. The summed E-state index contributed by atoms with van der Waals surface area (Å²) in [4.78, 5) is 29.5. The Kier molecular flexibility index (Phi) is 7.31. The van der Waals surface area contributed by atoms with Gasteiger partial charge in [0.25, 0.3) is 5.56 Å². The number of hydrogen-bond acceptors (Lipinski definition) is 8. The average Bonchev–Trinajstić information content (AvgIpc) is 3.45. The molecule has 0 saturated carbocycles. The molecule has 0 aliphatic rings. The number of methoxy groups -OCH3 is 1. The number of halogens is 2. The highest BCUT2D eigenvalue weighted by molar-refractivity contribution is 6.32. The highest BCUT2D eigenvalue weighted by atomic mass is 35.5. The maximum atomic E-state index is 13.6. The highest BCUT2D eigenvalue weighted by Crippen LogP contribution is 2.37. The number of furan rings is 1. The Labute approximate surface area is 247 Å². The lowest BCUT2D eigenvalue weighted by molar-refractivity contribution is -0.385. The van der Waals surface area contributed by atoms with E-state index in [1.807, 2.05) is 0 Å². The largest absolute Gasteiger partial charge is 0.496 e. The number of aromatic nitrogens is 2. The minimum absolute atomic E-state index is 0.0497. The van der Waals surface area contributed by atoms with E-state index in [0.717, 1.165) is 4.68 Å². The Morgan fingerprint density at radius 1 is 1.07 bits per heavy atom. The molecule has 0 unspecified atom stereocenters. The van der Waals surface area contributed by atoms with E-state index >= 15 is 0 Å². The van der Waals surface area contributed by atoms with Crippen LogP contribution in [0, 0.1) is 15.9 Å². The smallest absolute Gasteiger partial charge is 0.313 e. The van der Waals surface area contributed by atoms with Crippen LogP contribution in [-0.2, 0) is 6.61 Å². The van der Waals surface area contributed by atoms with Crippen LogP contribution >= 0.6 is 11.6 Å². The minimum atomic E-state index is -0.639. The number of benzene rings is 4. The predicted octanol–water partition coefficient (Wildman–Crippen LogP) is 6.98. The number of para-hydroxylation sites is 1. The van der Waals surface area contributed by atoms with Crippen molar-refractivity contribution in [3.63, 3.8) is 0 Å². The van der Waals surface area contributed by atoms with Crippen LogP contribution in [0.15, 0.2) is 99.2 Å². The van der Waals surface area contributed by atoms with Gasteiger partial charge in [0.2, 0.25) is 11.6 Å². The third kappa shape index (κ3) is 5.41. The predicted molar refractivity (Wildman–Crippen MR) is 160 cm³/mol. The fourth-order valence-electron chi connectivity index (χ4n) is 4.53. The lowest BCUT2D eigenvalue weighted by Gasteiger charge is -2.10. The fraction of sp³-hybridized carbons (Fsp3) is 0.0645. The zero-order valence-electron chi connectivity index (χ0n) is 22.4. The summed E-state index contributed by atoms with van der Waals surface area (Å²) in [7, 11) is 1.54. The molecule has 0 bridgehead atoms. The summed E-state index contributed by atoms with van der Waals surface area (Å²) in [5.74, 6) is 0.371. The molecule has 0 saturated heterocycles. The Balaban J connectivity index is 1.42. The molecule has 214 valence electrons. The van der Waals surface area contributed by atoms with Gasteiger partial charge in [0.15, 0.2) is 5.76 Å². The molecule has 0 radical (unpaired) electrons. The van der Waals surface area contributed by atoms with Gasteiger partial charge in [-0.15, -0.1) is 0 Å². The number of hydrogen-bond donors (Lipinski definition) is 0. The van der Waals surface area contributed by atoms with E-state index in [4.69, 9.17) is 25.5 Å². The number of fused-ring (bicyclic) bond motifs is 2. The molecule has 43 heavy (non-hydrogen) atoms. The second-order valence-electron chi connectivity index (χ2n) is 9.32. The Hall–Kier alpha value is -5.55. The molecular formula is C31H20ClFN4O6. The fourth-order valence-corrected chi connectivity index (χ4v) is 4.80. The number of rotatable bonds is 8. The standard InChI is InChI=1S/C31H20ClFN4O6/c1-41-26-7-4-8-27-22(26)15-28(43-27)30-35-24-6-3-2-5-21(24)31(38)36(30)34-16-19-13-23(32)29(25(14-19)37(39)40)42-17-18-9-11-20(33)12-10-18/h2-16H,17H2,1H3. The first-order valence-electron chi connectivity index (χ1n) is 12.8. The first-order valence-corrected chi connectivity index (χ1v) is 13.2. The lowest BCUT2D eigenvalue weighted by atomic mass is 10.2. The normalized spacial score (nSPS) is 11.4. The minimum Gasteiger partial charge on any atom is -0.496 e. The molecule has 10 nitrogen and oxygen atoms in total. The van der Waals surface area contributed by atoms with Gasteiger partial charge in [-0.05, 0) is 54.1 Å². The van der Waals surface area contributed by atoms with E-state index in [1.54, 1.807) is 55.6 Å². The van der Waals surface area contributed by atoms with Gasteiger partial charge < -0.3 is 13.9 Å². The molecule has 0 spiro atoms. The van der Waals surface area contributed by atoms with E-state index in [-0.39, 0.29) is 34.5 Å². The summed E-state index contributed by atoms with van der Waals surface area (Å²) in [5.41, 5.74) is 0.877. The van der Waals surface area contributed by atoms with Crippen LogP contribution in [0.5, 0.6) is 11.5 Å². The van der Waals surface area contributed by atoms with Gasteiger partial charge in [-0.2, -0.15) is 9.78 Å². The van der Waals surface area contributed by atoms with Gasteiger partial charge in [0.1, 0.15) is 23.8 Å². The highest BCUT2D eigenvalue weighted by Gasteiger charge is 2.22. The van der Waals surface area contributed by atoms with Crippen LogP contribution < -0.4 is 15.0 Å². The van der Waals surface area contributed by atoms with E-state index in [2.05, 4.69) is 10.1 Å². The van der Waals surface area contributed by atoms with Gasteiger partial charge in [0.05, 0.1) is 39.6 Å². The molecule has 0 fully saturated rings. The number of nitro benzene ring substituents is 1. The number of nitrogens with zero attached hydrogens (tertiary/aromatic N) is 4. The second kappa shape index (κ2) is 11.4. The van der Waals surface area contributed by atoms with Gasteiger partial charge in [0, 0.05) is 11.6 Å². The van der Waals surface area contributed by atoms with Crippen molar-refractivity contribution in [3.05, 3.63) is 127 Å². The van der Waals surface area contributed by atoms with Crippen LogP contribution in [0.25, 0.3) is 33.5 Å². The molecular weight excluding hydrogens is 579 g/mol. The van der Waals surface area contributed by atoms with Crippen molar-refractivity contribution < 1.29 is 23.2 Å². The molecule has 4 aromatic carbocycles. The van der Waals surface area contributed by atoms with Crippen molar-refractivity contribution in [1.29, 1.82) is 0 Å². The quantitative estimate of drug-likeness (QED) is 0.105. The summed E-state index contributed by atoms with van der Waals surface area (Å²) in [6.45, 7) is -0.0714. The van der Waals surface area contributed by atoms with Crippen molar-refractivity contribution in [3.8, 4) is 23.1 Å². The first kappa shape index (κ1) is 27.6. The van der Waals surface area contributed by atoms with Crippen molar-refractivity contribution in [2.75, 3.05) is 7.11 Å². The molecule has 2 heterocycles. The van der Waals surface area contributed by atoms with Gasteiger partial charge in [-0.3, -0.25) is 14.9 Å². The molecule has 0 aliphatic heterocycles. The molecule has 2 aromatic heterocycles. The molecule has 12 heteroatoms. The topological polar surface area (TPSA) is 122 Å². The van der Waals surface area contributed by atoms with Crippen LogP contribution in [0.3, 0.4) is 0 Å². The van der Waals surface area contributed by atoms with Crippen LogP contribution in [0.2, 0.25) is 5.02 Å². The monoisotopic (exact) mass is 598 g/mol. The maximum Gasteiger partial charge on any atom is 0.313 e. The molecule has 6 rings (SSSR count). The summed E-state index contributed by atoms with van der Waals surface area (Å²) in [5, 5.41) is 17.2. The van der Waals surface area contributed by atoms with Crippen LogP contribution in [-0.4, -0.2) is 27.9 Å². The first-order chi connectivity index (χ1) is 20.8. The lowest BCUT2D eigenvalue weighted by Crippen LogP contribution is -2.20. The van der Waals surface area contributed by atoms with Gasteiger partial charge >= 0.3 is 5.69 Å². The summed E-state index contributed by atoms with van der Waals surface area (Å²) < 4.78 is 31.4. The van der Waals surface area contributed by atoms with E-state index in [9.17, 15) is 19.3 Å². The Bertz CT molecular complexity index is 2110. The summed E-state index contributed by atoms with van der Waals surface area (Å²) in [6.07, 6.45) is 1.26. The van der Waals surface area contributed by atoms with E-state index in [0.29, 0.717) is 33.2 Å². The Morgan fingerprint density at radius 2 is 1.86 bits per heavy atom. The average molecular weight is 599 g/mol. The van der Waals surface area contributed by atoms with E-state index in [1.165, 1.54) is 42.6 Å². The number of ether oxygens (including phenoxy) is 2. The SMILES string of the molecule is COc1cccc2oc(-c3nc4ccccc4c(=O)n3N=Cc3cc(Cl)c(OCc4ccc(F)cc4)c([N+](=O)[O-])c3)cc12. The van der Waals surface area contributed by atoms with Crippen molar-refractivity contribution >= 4 is 45.4 Å². The molecule has 0 amide bonds. The van der Waals surface area contributed by atoms with Crippen LogP contribution in [0.1, 0.15) is 11.1 Å². The second-order valence-corrected chi connectivity index (χ2v) is 9.73. The molecule has 6 aromatic rings. The molecule has 0 N–H and O–H groups in total. The van der Waals surface area contributed by atoms with Gasteiger partial charge in [-0.25, -0.2) is 9.37 Å². The van der Waals surface area contributed by atoms with Crippen molar-refractivity contribution in [1.82, 2.24) is 9.66 Å². The maximum absolute atomic E-state index is 13.6. The third-order valence-electron chi connectivity index (χ3n) is 6.58. The molecule has 0 aliphatic carbocycles. The summed E-state index contributed by atoms with van der Waals surface area (Å²) >= 11 is 6.40. The Morgan fingerprint density at radius 3 is 2.63 bits per heavy atom. The molecule has 0 atom stereocenters. The van der Waals surface area contributed by atoms with Crippen molar-refractivity contribution in [2.45, 2.75) is 6.61 Å².